The Morgan fingerprint density at radius 1 is 1.58 bits per heavy atom. The van der Waals surface area contributed by atoms with E-state index in [0.717, 1.165) is 44.3 Å². The second kappa shape index (κ2) is 6.15. The lowest BCUT2D eigenvalue weighted by molar-refractivity contribution is -0.153. The van der Waals surface area contributed by atoms with Gasteiger partial charge in [-0.15, -0.1) is 0 Å². The Bertz CT molecular complexity index is 417. The Hall–Kier alpha value is -1.42. The van der Waals surface area contributed by atoms with Gasteiger partial charge in [-0.25, -0.2) is 0 Å². The van der Waals surface area contributed by atoms with Crippen molar-refractivity contribution in [2.45, 2.75) is 39.2 Å². The Labute approximate surface area is 114 Å². The van der Waals surface area contributed by atoms with E-state index >= 15 is 0 Å². The van der Waals surface area contributed by atoms with Crippen LogP contribution in [0.3, 0.4) is 0 Å². The number of carbonyl (C=O) groups is 1. The second-order valence-electron chi connectivity index (χ2n) is 5.51. The van der Waals surface area contributed by atoms with Gasteiger partial charge in [0.15, 0.2) is 0 Å². The number of aliphatic carboxylic acids is 1. The highest BCUT2D eigenvalue weighted by Gasteiger charge is 2.41. The minimum atomic E-state index is -0.634. The van der Waals surface area contributed by atoms with E-state index in [1.165, 1.54) is 0 Å². The number of piperidine rings is 1. The third-order valence-electron chi connectivity index (χ3n) is 3.97. The Morgan fingerprint density at radius 3 is 3.05 bits per heavy atom. The number of rotatable bonds is 5. The molecule has 4 nitrogen and oxygen atoms in total. The summed E-state index contributed by atoms with van der Waals surface area (Å²) < 4.78 is 0. The van der Waals surface area contributed by atoms with Gasteiger partial charge in [-0.2, -0.15) is 0 Å². The lowest BCUT2D eigenvalue weighted by atomic mass is 9.76. The number of hydrogen-bond donors (Lipinski definition) is 1. The standard InChI is InChI=1S/C15H22N2O2/c1-2-6-15(14(18)19)7-4-9-17(12-15)11-13-5-3-8-16-10-13/h3,5,8,10H,2,4,6-7,9,11-12H2,1H3,(H,18,19). The van der Waals surface area contributed by atoms with Crippen molar-refractivity contribution in [2.75, 3.05) is 13.1 Å². The highest BCUT2D eigenvalue weighted by Crippen LogP contribution is 2.35. The molecule has 1 N–H and O–H groups in total. The summed E-state index contributed by atoms with van der Waals surface area (Å²) in [6.07, 6.45) is 7.08. The number of hydrogen-bond acceptors (Lipinski definition) is 3. The number of likely N-dealkylation sites (tertiary alicyclic amines) is 1. The topological polar surface area (TPSA) is 53.4 Å². The maximum Gasteiger partial charge on any atom is 0.310 e. The van der Waals surface area contributed by atoms with Gasteiger partial charge in [-0.1, -0.05) is 19.4 Å². The molecule has 1 aliphatic rings. The molecule has 1 unspecified atom stereocenters. The van der Waals surface area contributed by atoms with Crippen molar-refractivity contribution in [1.82, 2.24) is 9.88 Å². The Kier molecular flexibility index (Phi) is 4.53. The van der Waals surface area contributed by atoms with E-state index in [9.17, 15) is 9.90 Å². The second-order valence-corrected chi connectivity index (χ2v) is 5.51. The quantitative estimate of drug-likeness (QED) is 0.886. The summed E-state index contributed by atoms with van der Waals surface area (Å²) in [5.74, 6) is -0.634. The molecule has 1 aromatic heterocycles. The van der Waals surface area contributed by atoms with Crippen LogP contribution in [0.25, 0.3) is 0 Å². The summed E-state index contributed by atoms with van der Waals surface area (Å²) in [6.45, 7) is 4.50. The zero-order chi connectivity index (χ0) is 13.7. The molecule has 19 heavy (non-hydrogen) atoms. The SMILES string of the molecule is CCCC1(C(=O)O)CCCN(Cc2cccnc2)C1. The van der Waals surface area contributed by atoms with E-state index in [1.807, 2.05) is 18.3 Å². The van der Waals surface area contributed by atoms with Crippen LogP contribution in [-0.4, -0.2) is 34.0 Å². The van der Waals surface area contributed by atoms with Gasteiger partial charge < -0.3 is 5.11 Å². The van der Waals surface area contributed by atoms with E-state index in [0.29, 0.717) is 6.54 Å². The molecule has 104 valence electrons. The first-order valence-electron chi connectivity index (χ1n) is 7.01. The molecule has 0 aliphatic carbocycles. The van der Waals surface area contributed by atoms with E-state index in [1.54, 1.807) is 6.20 Å². The fraction of sp³-hybridized carbons (Fsp3) is 0.600. The van der Waals surface area contributed by atoms with Gasteiger partial charge in [-0.05, 0) is 37.4 Å². The molecule has 0 amide bonds. The van der Waals surface area contributed by atoms with Gasteiger partial charge >= 0.3 is 5.97 Å². The van der Waals surface area contributed by atoms with Crippen LogP contribution in [0.15, 0.2) is 24.5 Å². The smallest absolute Gasteiger partial charge is 0.310 e. The number of carboxylic acid groups (broad SMARTS) is 1. The van der Waals surface area contributed by atoms with E-state index in [-0.39, 0.29) is 0 Å². The zero-order valence-corrected chi connectivity index (χ0v) is 11.5. The highest BCUT2D eigenvalue weighted by molar-refractivity contribution is 5.75. The minimum Gasteiger partial charge on any atom is -0.481 e. The summed E-state index contributed by atoms with van der Waals surface area (Å²) in [4.78, 5) is 18.0. The summed E-state index contributed by atoms with van der Waals surface area (Å²) in [7, 11) is 0. The third-order valence-corrected chi connectivity index (χ3v) is 3.97. The van der Waals surface area contributed by atoms with Crippen LogP contribution < -0.4 is 0 Å². The van der Waals surface area contributed by atoms with Crippen LogP contribution in [0.4, 0.5) is 0 Å². The molecule has 2 heterocycles. The van der Waals surface area contributed by atoms with Crippen LogP contribution in [0.5, 0.6) is 0 Å². The van der Waals surface area contributed by atoms with Crippen molar-refractivity contribution in [3.05, 3.63) is 30.1 Å². The van der Waals surface area contributed by atoms with Gasteiger partial charge in [0.2, 0.25) is 0 Å². The predicted molar refractivity (Wildman–Crippen MR) is 73.7 cm³/mol. The van der Waals surface area contributed by atoms with Gasteiger partial charge in [0.05, 0.1) is 5.41 Å². The first-order chi connectivity index (χ1) is 9.16. The van der Waals surface area contributed by atoms with Crippen molar-refractivity contribution in [2.24, 2.45) is 5.41 Å². The van der Waals surface area contributed by atoms with E-state index in [2.05, 4.69) is 16.8 Å². The molecule has 1 aromatic rings. The first-order valence-corrected chi connectivity index (χ1v) is 7.01. The van der Waals surface area contributed by atoms with Crippen LogP contribution in [0, 0.1) is 5.41 Å². The maximum atomic E-state index is 11.6. The molecule has 0 spiro atoms. The van der Waals surface area contributed by atoms with Gasteiger partial charge in [0.1, 0.15) is 0 Å². The summed E-state index contributed by atoms with van der Waals surface area (Å²) in [6, 6.07) is 3.97. The van der Waals surface area contributed by atoms with Gasteiger partial charge in [0, 0.05) is 25.5 Å². The number of pyridine rings is 1. The fourth-order valence-electron chi connectivity index (χ4n) is 3.08. The molecule has 0 saturated carbocycles. The average Bonchev–Trinajstić information content (AvgIpc) is 2.40. The predicted octanol–water partition coefficient (Wildman–Crippen LogP) is 2.55. The molecule has 0 aromatic carbocycles. The molecular formula is C15H22N2O2. The van der Waals surface area contributed by atoms with Crippen molar-refractivity contribution < 1.29 is 9.90 Å². The molecule has 0 radical (unpaired) electrons. The molecule has 2 rings (SSSR count). The van der Waals surface area contributed by atoms with E-state index in [4.69, 9.17) is 0 Å². The fourth-order valence-corrected chi connectivity index (χ4v) is 3.08. The number of aromatic nitrogens is 1. The van der Waals surface area contributed by atoms with Crippen molar-refractivity contribution in [3.8, 4) is 0 Å². The van der Waals surface area contributed by atoms with E-state index < -0.39 is 11.4 Å². The van der Waals surface area contributed by atoms with Crippen LogP contribution >= 0.6 is 0 Å². The van der Waals surface area contributed by atoms with Crippen LogP contribution in [0.1, 0.15) is 38.2 Å². The lowest BCUT2D eigenvalue weighted by Gasteiger charge is -2.40. The largest absolute Gasteiger partial charge is 0.481 e. The zero-order valence-electron chi connectivity index (χ0n) is 11.5. The molecule has 1 fully saturated rings. The number of carboxylic acids is 1. The monoisotopic (exact) mass is 262 g/mol. The summed E-state index contributed by atoms with van der Waals surface area (Å²) in [5.41, 5.74) is 0.607. The molecule has 4 heteroatoms. The Morgan fingerprint density at radius 2 is 2.42 bits per heavy atom. The van der Waals surface area contributed by atoms with Gasteiger partial charge in [0.25, 0.3) is 0 Å². The molecule has 0 bridgehead atoms. The molecule has 1 saturated heterocycles. The van der Waals surface area contributed by atoms with Crippen LogP contribution in [-0.2, 0) is 11.3 Å². The van der Waals surface area contributed by atoms with Crippen molar-refractivity contribution in [3.63, 3.8) is 0 Å². The average molecular weight is 262 g/mol. The highest BCUT2D eigenvalue weighted by atomic mass is 16.4. The van der Waals surface area contributed by atoms with Crippen molar-refractivity contribution in [1.29, 1.82) is 0 Å². The third kappa shape index (κ3) is 3.32. The first kappa shape index (κ1) is 14.0. The Balaban J connectivity index is 2.05. The lowest BCUT2D eigenvalue weighted by Crippen LogP contribution is -2.47. The maximum absolute atomic E-state index is 11.6. The van der Waals surface area contributed by atoms with Gasteiger partial charge in [-0.3, -0.25) is 14.7 Å². The summed E-state index contributed by atoms with van der Waals surface area (Å²) in [5, 5.41) is 9.56. The normalized spacial score (nSPS) is 24.3. The molecule has 1 aliphatic heterocycles. The van der Waals surface area contributed by atoms with Crippen molar-refractivity contribution >= 4 is 5.97 Å². The molecular weight excluding hydrogens is 240 g/mol. The number of nitrogens with zero attached hydrogens (tertiary/aromatic N) is 2. The molecule has 1 atom stereocenters. The summed E-state index contributed by atoms with van der Waals surface area (Å²) >= 11 is 0. The van der Waals surface area contributed by atoms with Crippen LogP contribution in [0.2, 0.25) is 0 Å². The minimum absolute atomic E-state index is 0.546.